The highest BCUT2D eigenvalue weighted by Gasteiger charge is 2.54. The van der Waals surface area contributed by atoms with Gasteiger partial charge in [-0.2, -0.15) is 0 Å². The first-order chi connectivity index (χ1) is 23.3. The molecule has 4 heterocycles. The molecule has 0 radical (unpaired) electrons. The summed E-state index contributed by atoms with van der Waals surface area (Å²) in [5.41, 5.74) is 23.3. The fourth-order valence-electron chi connectivity index (χ4n) is 10.5. The van der Waals surface area contributed by atoms with Gasteiger partial charge in [-0.25, -0.2) is 0 Å². The summed E-state index contributed by atoms with van der Waals surface area (Å²) in [6.45, 7) is 3.59. The normalized spacial score (nSPS) is 23.6. The second-order valence-corrected chi connectivity index (χ2v) is 14.6. The summed E-state index contributed by atoms with van der Waals surface area (Å²) in [7, 11) is 0. The maximum absolute atomic E-state index is 12.5. The second kappa shape index (κ2) is 8.95. The predicted octanol–water partition coefficient (Wildman–Crippen LogP) is 5.32. The molecule has 0 bridgehead atoms. The van der Waals surface area contributed by atoms with Crippen LogP contribution < -0.4 is 21.3 Å². The molecule has 4 aliphatic heterocycles. The number of benzene rings is 6. The Morgan fingerprint density at radius 3 is 1.19 bits per heavy atom. The van der Waals surface area contributed by atoms with Gasteiger partial charge in [0, 0.05) is 92.5 Å². The standard InChI is InChI=1S/C40H36N4O4/c41-21-5-1-17-9-13-43-14-10-18-2-6-22(42)30-26(18)37(43)25(17)29(21)33(30)35-39(47)36(40(35)48)34-31-23(45)7-3-19-11-15-44-16-12-20-4-8-24(46)32(34)28(20)38(44)27(19)31/h1-8,35-36,39-40,45-48H,9-16,41-42H2. The van der Waals surface area contributed by atoms with Crippen molar-refractivity contribution in [3.63, 3.8) is 0 Å². The van der Waals surface area contributed by atoms with Crippen LogP contribution in [0, 0.1) is 0 Å². The number of aromatic hydroxyl groups is 2. The van der Waals surface area contributed by atoms with Crippen molar-refractivity contribution in [2.45, 2.75) is 49.7 Å². The SMILES string of the molecule is Nc1ccc2c3c4c5c(ccc(N)c5c(C5C(O)C(c6c7c(O)ccc8c7c7c9c(ccc(O)c69)CCN7CC8)C5O)c13)CCN4CC2. The Hall–Kier alpha value is -4.92. The van der Waals surface area contributed by atoms with Crippen LogP contribution in [0.4, 0.5) is 22.7 Å². The zero-order valence-corrected chi connectivity index (χ0v) is 26.4. The Balaban J connectivity index is 1.21. The monoisotopic (exact) mass is 636 g/mol. The third-order valence-electron chi connectivity index (χ3n) is 12.6. The number of aliphatic hydroxyl groups excluding tert-OH is 2. The first-order valence-electron chi connectivity index (χ1n) is 17.2. The maximum atomic E-state index is 12.5. The van der Waals surface area contributed by atoms with E-state index in [1.807, 2.05) is 24.3 Å². The Morgan fingerprint density at radius 1 is 0.458 bits per heavy atom. The summed E-state index contributed by atoms with van der Waals surface area (Å²) < 4.78 is 0. The van der Waals surface area contributed by atoms with E-state index in [0.29, 0.717) is 27.7 Å². The number of phenolic OH excluding ortho intramolecular Hbond substituents is 2. The van der Waals surface area contributed by atoms with Crippen molar-refractivity contribution in [1.29, 1.82) is 0 Å². The van der Waals surface area contributed by atoms with Crippen molar-refractivity contribution in [3.8, 4) is 11.5 Å². The van der Waals surface area contributed by atoms with Gasteiger partial charge in [-0.15, -0.1) is 0 Å². The van der Waals surface area contributed by atoms with Gasteiger partial charge in [0.25, 0.3) is 0 Å². The van der Waals surface area contributed by atoms with Crippen LogP contribution in [0.2, 0.25) is 0 Å². The Morgan fingerprint density at radius 2 is 0.792 bits per heavy atom. The molecule has 11 rings (SSSR count). The van der Waals surface area contributed by atoms with Crippen LogP contribution in [-0.4, -0.2) is 58.8 Å². The molecule has 8 nitrogen and oxygen atoms in total. The van der Waals surface area contributed by atoms with Crippen LogP contribution in [0.3, 0.4) is 0 Å². The van der Waals surface area contributed by atoms with Crippen LogP contribution in [0.25, 0.3) is 43.1 Å². The molecule has 0 aromatic heterocycles. The summed E-state index contributed by atoms with van der Waals surface area (Å²) in [5.74, 6) is -1.27. The topological polar surface area (TPSA) is 139 Å². The molecule has 8 heteroatoms. The average Bonchev–Trinajstić information content (AvgIpc) is 3.09. The molecular weight excluding hydrogens is 600 g/mol. The van der Waals surface area contributed by atoms with Gasteiger partial charge in [-0.3, -0.25) is 0 Å². The van der Waals surface area contributed by atoms with Gasteiger partial charge in [0.2, 0.25) is 0 Å². The smallest absolute Gasteiger partial charge is 0.123 e. The van der Waals surface area contributed by atoms with Crippen molar-refractivity contribution in [3.05, 3.63) is 81.9 Å². The van der Waals surface area contributed by atoms with Crippen molar-refractivity contribution >= 4 is 65.8 Å². The molecule has 8 N–H and O–H groups in total. The first kappa shape index (κ1) is 27.1. The average molecular weight is 637 g/mol. The van der Waals surface area contributed by atoms with E-state index in [-0.39, 0.29) is 11.5 Å². The first-order valence-corrected chi connectivity index (χ1v) is 17.2. The fraction of sp³-hybridized carbons (Fsp3) is 0.300. The van der Waals surface area contributed by atoms with Crippen LogP contribution >= 0.6 is 0 Å². The number of anilines is 4. The van der Waals surface area contributed by atoms with Crippen molar-refractivity contribution in [2.75, 3.05) is 47.4 Å². The van der Waals surface area contributed by atoms with E-state index in [1.165, 1.54) is 16.8 Å². The van der Waals surface area contributed by atoms with E-state index in [9.17, 15) is 20.4 Å². The van der Waals surface area contributed by atoms with E-state index in [2.05, 4.69) is 21.9 Å². The predicted molar refractivity (Wildman–Crippen MR) is 192 cm³/mol. The van der Waals surface area contributed by atoms with E-state index < -0.39 is 24.0 Å². The van der Waals surface area contributed by atoms with Crippen molar-refractivity contribution in [1.82, 2.24) is 0 Å². The van der Waals surface area contributed by atoms with Crippen LogP contribution in [0.15, 0.2) is 48.5 Å². The molecule has 2 unspecified atom stereocenters. The number of hydrogen-bond acceptors (Lipinski definition) is 8. The molecule has 5 aliphatic rings. The summed E-state index contributed by atoms with van der Waals surface area (Å²) in [6, 6.07) is 15.6. The third kappa shape index (κ3) is 3.05. The van der Waals surface area contributed by atoms with Crippen LogP contribution in [-0.2, 0) is 25.7 Å². The summed E-state index contributed by atoms with van der Waals surface area (Å²) in [6.07, 6.45) is 1.41. The number of hydrogen-bond donors (Lipinski definition) is 6. The molecule has 1 saturated carbocycles. The molecule has 6 aromatic carbocycles. The van der Waals surface area contributed by atoms with Crippen LogP contribution in [0.1, 0.15) is 45.2 Å². The molecule has 48 heavy (non-hydrogen) atoms. The molecule has 0 spiro atoms. The van der Waals surface area contributed by atoms with Gasteiger partial charge in [0.15, 0.2) is 0 Å². The number of rotatable bonds is 2. The highest BCUT2D eigenvalue weighted by Crippen LogP contribution is 2.61. The maximum Gasteiger partial charge on any atom is 0.123 e. The third-order valence-corrected chi connectivity index (χ3v) is 12.6. The molecule has 240 valence electrons. The van der Waals surface area contributed by atoms with Crippen LogP contribution in [0.5, 0.6) is 11.5 Å². The van der Waals surface area contributed by atoms with Gasteiger partial charge < -0.3 is 41.7 Å². The Bertz CT molecular complexity index is 2160. The lowest BCUT2D eigenvalue weighted by molar-refractivity contribution is -0.0766. The van der Waals surface area contributed by atoms with Crippen molar-refractivity contribution < 1.29 is 20.4 Å². The second-order valence-electron chi connectivity index (χ2n) is 14.6. The fourth-order valence-corrected chi connectivity index (χ4v) is 10.5. The minimum absolute atomic E-state index is 0.0920. The number of aliphatic hydroxyl groups is 2. The minimum atomic E-state index is -1.03. The molecule has 1 fully saturated rings. The van der Waals surface area contributed by atoms with E-state index in [0.717, 1.165) is 107 Å². The number of phenols is 2. The van der Waals surface area contributed by atoms with E-state index in [4.69, 9.17) is 11.5 Å². The lowest BCUT2D eigenvalue weighted by Crippen LogP contribution is -2.52. The van der Waals surface area contributed by atoms with Gasteiger partial charge in [-0.05, 0) is 83.3 Å². The quantitative estimate of drug-likeness (QED) is 0.111. The zero-order valence-electron chi connectivity index (χ0n) is 26.4. The van der Waals surface area contributed by atoms with E-state index >= 15 is 0 Å². The number of nitrogen functional groups attached to an aromatic ring is 2. The Kier molecular flexibility index (Phi) is 5.05. The zero-order chi connectivity index (χ0) is 32.3. The molecule has 0 saturated heterocycles. The number of nitrogens with two attached hydrogens (primary N) is 2. The minimum Gasteiger partial charge on any atom is -0.507 e. The van der Waals surface area contributed by atoms with Crippen molar-refractivity contribution in [2.24, 2.45) is 0 Å². The van der Waals surface area contributed by atoms with E-state index in [1.54, 1.807) is 12.1 Å². The lowest BCUT2D eigenvalue weighted by atomic mass is 9.60. The summed E-state index contributed by atoms with van der Waals surface area (Å²) in [5, 5.41) is 55.3. The molecule has 0 amide bonds. The molecular formula is C40H36N4O4. The molecule has 6 aromatic rings. The van der Waals surface area contributed by atoms with Gasteiger partial charge in [0.05, 0.1) is 23.6 Å². The highest BCUT2D eigenvalue weighted by atomic mass is 16.3. The van der Waals surface area contributed by atoms with Gasteiger partial charge in [-0.1, -0.05) is 24.3 Å². The molecule has 2 atom stereocenters. The summed E-state index contributed by atoms with van der Waals surface area (Å²) >= 11 is 0. The Labute approximate surface area is 276 Å². The lowest BCUT2D eigenvalue weighted by Gasteiger charge is -2.50. The van der Waals surface area contributed by atoms with Gasteiger partial charge in [0.1, 0.15) is 11.5 Å². The largest absolute Gasteiger partial charge is 0.507 e. The highest BCUT2D eigenvalue weighted by molar-refractivity contribution is 6.23. The summed E-state index contributed by atoms with van der Waals surface area (Å²) in [4.78, 5) is 4.81. The number of nitrogens with zero attached hydrogens (tertiary/aromatic N) is 2. The molecule has 1 aliphatic carbocycles. The van der Waals surface area contributed by atoms with Gasteiger partial charge >= 0.3 is 0 Å².